The summed E-state index contributed by atoms with van der Waals surface area (Å²) in [6.07, 6.45) is 4.46. The van der Waals surface area contributed by atoms with Crippen LogP contribution in [0.2, 0.25) is 0 Å². The SMILES string of the molecule is Cc1ccc2c(OCCN3CCC(Cc4ccc5c(c4)N(S(C)(=O)=O)CCO5)CC3)cccc2n1. The molecule has 0 aliphatic carbocycles. The van der Waals surface area contributed by atoms with Gasteiger partial charge in [-0.2, -0.15) is 0 Å². The Labute approximate surface area is 207 Å². The lowest BCUT2D eigenvalue weighted by Gasteiger charge is -2.33. The number of hydrogen-bond donors (Lipinski definition) is 0. The fourth-order valence-corrected chi connectivity index (χ4v) is 6.00. The van der Waals surface area contributed by atoms with Crippen molar-refractivity contribution in [2.45, 2.75) is 26.2 Å². The van der Waals surface area contributed by atoms with Gasteiger partial charge in [0.1, 0.15) is 24.7 Å². The molecule has 1 saturated heterocycles. The molecule has 0 atom stereocenters. The maximum atomic E-state index is 12.2. The standard InChI is InChI=1S/C27H33N3O4S/c1-20-6-8-23-24(28-20)4-3-5-26(23)33-16-14-29-12-10-21(11-13-29)18-22-7-9-27-25(19-22)30(15-17-34-27)35(2,31)32/h3-9,19,21H,10-18H2,1-2H3. The molecule has 0 spiro atoms. The Morgan fingerprint density at radius 3 is 2.71 bits per heavy atom. The van der Waals surface area contributed by atoms with Gasteiger partial charge in [-0.15, -0.1) is 0 Å². The van der Waals surface area contributed by atoms with E-state index in [1.54, 1.807) is 0 Å². The summed E-state index contributed by atoms with van der Waals surface area (Å²) in [4.78, 5) is 7.06. The lowest BCUT2D eigenvalue weighted by molar-refractivity contribution is 0.155. The minimum Gasteiger partial charge on any atom is -0.492 e. The second kappa shape index (κ2) is 10.0. The van der Waals surface area contributed by atoms with Gasteiger partial charge in [0.05, 0.1) is 24.0 Å². The highest BCUT2D eigenvalue weighted by Crippen LogP contribution is 2.35. The normalized spacial score (nSPS) is 17.3. The third-order valence-electron chi connectivity index (χ3n) is 6.97. The van der Waals surface area contributed by atoms with Crippen molar-refractivity contribution in [3.8, 4) is 11.5 Å². The largest absolute Gasteiger partial charge is 0.492 e. The van der Waals surface area contributed by atoms with E-state index in [1.807, 2.05) is 43.3 Å². The Hall–Kier alpha value is -2.84. The molecule has 186 valence electrons. The number of ether oxygens (including phenoxy) is 2. The molecular formula is C27H33N3O4S. The van der Waals surface area contributed by atoms with Crippen LogP contribution in [0.3, 0.4) is 0 Å². The number of likely N-dealkylation sites (tertiary alicyclic amines) is 1. The summed E-state index contributed by atoms with van der Waals surface area (Å²) in [6.45, 7) is 6.41. The van der Waals surface area contributed by atoms with Gasteiger partial charge >= 0.3 is 0 Å². The van der Waals surface area contributed by atoms with Crippen LogP contribution in [-0.2, 0) is 16.4 Å². The molecule has 35 heavy (non-hydrogen) atoms. The Morgan fingerprint density at radius 1 is 1.09 bits per heavy atom. The van der Waals surface area contributed by atoms with Crippen LogP contribution in [0.15, 0.2) is 48.5 Å². The van der Waals surface area contributed by atoms with Crippen molar-refractivity contribution in [3.05, 3.63) is 59.8 Å². The van der Waals surface area contributed by atoms with E-state index in [4.69, 9.17) is 9.47 Å². The number of fused-ring (bicyclic) bond motifs is 2. The van der Waals surface area contributed by atoms with E-state index in [1.165, 1.54) is 16.1 Å². The summed E-state index contributed by atoms with van der Waals surface area (Å²) < 4.78 is 37.7. The molecule has 2 aliphatic heterocycles. The second-order valence-corrected chi connectivity index (χ2v) is 11.5. The number of sulfonamides is 1. The molecule has 7 nitrogen and oxygen atoms in total. The lowest BCUT2D eigenvalue weighted by Crippen LogP contribution is -2.37. The lowest BCUT2D eigenvalue weighted by atomic mass is 9.90. The zero-order chi connectivity index (χ0) is 24.4. The molecule has 5 rings (SSSR count). The molecule has 0 unspecified atom stereocenters. The number of rotatable bonds is 7. The topological polar surface area (TPSA) is 72.0 Å². The van der Waals surface area contributed by atoms with E-state index in [-0.39, 0.29) is 0 Å². The molecule has 1 aromatic heterocycles. The molecular weight excluding hydrogens is 462 g/mol. The molecule has 8 heteroatoms. The summed E-state index contributed by atoms with van der Waals surface area (Å²) in [5.74, 6) is 2.13. The predicted octanol–water partition coefficient (Wildman–Crippen LogP) is 4.04. The van der Waals surface area contributed by atoms with Crippen LogP contribution in [0.4, 0.5) is 5.69 Å². The molecule has 0 saturated carbocycles. The molecule has 3 heterocycles. The van der Waals surface area contributed by atoms with E-state index >= 15 is 0 Å². The van der Waals surface area contributed by atoms with Crippen molar-refractivity contribution in [1.29, 1.82) is 0 Å². The number of piperidine rings is 1. The minimum atomic E-state index is -3.31. The van der Waals surface area contributed by atoms with Crippen molar-refractivity contribution < 1.29 is 17.9 Å². The van der Waals surface area contributed by atoms with Crippen molar-refractivity contribution in [2.24, 2.45) is 5.92 Å². The van der Waals surface area contributed by atoms with Gasteiger partial charge < -0.3 is 9.47 Å². The molecule has 1 fully saturated rings. The maximum absolute atomic E-state index is 12.2. The highest BCUT2D eigenvalue weighted by Gasteiger charge is 2.26. The van der Waals surface area contributed by atoms with Gasteiger partial charge in [0, 0.05) is 17.6 Å². The maximum Gasteiger partial charge on any atom is 0.232 e. The number of pyridine rings is 1. The summed E-state index contributed by atoms with van der Waals surface area (Å²) in [5.41, 5.74) is 3.82. The summed E-state index contributed by atoms with van der Waals surface area (Å²) in [7, 11) is -3.31. The number of hydrogen-bond acceptors (Lipinski definition) is 6. The second-order valence-electron chi connectivity index (χ2n) is 9.60. The first-order chi connectivity index (χ1) is 16.9. The van der Waals surface area contributed by atoms with Crippen LogP contribution >= 0.6 is 0 Å². The van der Waals surface area contributed by atoms with Gasteiger partial charge in [-0.05, 0) is 87.2 Å². The minimum absolute atomic E-state index is 0.366. The number of aryl methyl sites for hydroxylation is 1. The molecule has 0 bridgehead atoms. The van der Waals surface area contributed by atoms with E-state index in [9.17, 15) is 8.42 Å². The van der Waals surface area contributed by atoms with Crippen LogP contribution in [0.25, 0.3) is 10.9 Å². The van der Waals surface area contributed by atoms with Gasteiger partial charge in [0.2, 0.25) is 10.0 Å². The Balaban J connectivity index is 1.13. The summed E-state index contributed by atoms with van der Waals surface area (Å²) in [6, 6.07) is 16.1. The monoisotopic (exact) mass is 495 g/mol. The first kappa shape index (κ1) is 23.9. The Kier molecular flexibility index (Phi) is 6.84. The van der Waals surface area contributed by atoms with Crippen LogP contribution in [0, 0.1) is 12.8 Å². The fraction of sp³-hybridized carbons (Fsp3) is 0.444. The molecule has 0 N–H and O–H groups in total. The quantitative estimate of drug-likeness (QED) is 0.493. The van der Waals surface area contributed by atoms with Crippen LogP contribution in [0.1, 0.15) is 24.1 Å². The van der Waals surface area contributed by atoms with Gasteiger partial charge in [-0.1, -0.05) is 12.1 Å². The van der Waals surface area contributed by atoms with Gasteiger partial charge in [0.25, 0.3) is 0 Å². The van der Waals surface area contributed by atoms with Crippen LogP contribution < -0.4 is 13.8 Å². The molecule has 2 aromatic carbocycles. The first-order valence-corrected chi connectivity index (χ1v) is 14.2. The van der Waals surface area contributed by atoms with Crippen LogP contribution in [-0.4, -0.2) is 64.0 Å². The third-order valence-corrected chi connectivity index (χ3v) is 8.15. The number of benzene rings is 2. The van der Waals surface area contributed by atoms with Crippen molar-refractivity contribution in [1.82, 2.24) is 9.88 Å². The van der Waals surface area contributed by atoms with Gasteiger partial charge in [-0.25, -0.2) is 8.42 Å². The molecule has 2 aliphatic rings. The van der Waals surface area contributed by atoms with E-state index in [2.05, 4.69) is 22.0 Å². The van der Waals surface area contributed by atoms with E-state index in [0.29, 0.717) is 37.1 Å². The van der Waals surface area contributed by atoms with Crippen molar-refractivity contribution >= 4 is 26.6 Å². The zero-order valence-corrected chi connectivity index (χ0v) is 21.3. The van der Waals surface area contributed by atoms with E-state index < -0.39 is 10.0 Å². The number of nitrogens with zero attached hydrogens (tertiary/aromatic N) is 3. The average molecular weight is 496 g/mol. The zero-order valence-electron chi connectivity index (χ0n) is 20.4. The summed E-state index contributed by atoms with van der Waals surface area (Å²) >= 11 is 0. The smallest absolute Gasteiger partial charge is 0.232 e. The fourth-order valence-electron chi connectivity index (χ4n) is 5.10. The van der Waals surface area contributed by atoms with Crippen LogP contribution in [0.5, 0.6) is 11.5 Å². The predicted molar refractivity (Wildman–Crippen MR) is 139 cm³/mol. The highest BCUT2D eigenvalue weighted by atomic mass is 32.2. The molecule has 3 aromatic rings. The first-order valence-electron chi connectivity index (χ1n) is 12.3. The third kappa shape index (κ3) is 5.54. The van der Waals surface area contributed by atoms with Gasteiger partial charge in [0.15, 0.2) is 0 Å². The highest BCUT2D eigenvalue weighted by molar-refractivity contribution is 7.92. The molecule has 0 amide bonds. The number of aromatic nitrogens is 1. The molecule has 0 radical (unpaired) electrons. The van der Waals surface area contributed by atoms with E-state index in [0.717, 1.165) is 61.2 Å². The Morgan fingerprint density at radius 2 is 1.91 bits per heavy atom. The van der Waals surface area contributed by atoms with Gasteiger partial charge in [-0.3, -0.25) is 14.2 Å². The Bertz CT molecular complexity index is 1300. The average Bonchev–Trinajstić information content (AvgIpc) is 2.84. The summed E-state index contributed by atoms with van der Waals surface area (Å²) in [5, 5.41) is 1.06. The van der Waals surface area contributed by atoms with Crippen molar-refractivity contribution in [2.75, 3.05) is 50.0 Å². The van der Waals surface area contributed by atoms with Crippen molar-refractivity contribution in [3.63, 3.8) is 0 Å². The number of anilines is 1.